The first-order valence-electron chi connectivity index (χ1n) is 5.77. The Morgan fingerprint density at radius 3 is 2.50 bits per heavy atom. The van der Waals surface area contributed by atoms with Crippen molar-refractivity contribution in [3.8, 4) is 0 Å². The number of alkyl halides is 4. The van der Waals surface area contributed by atoms with Crippen LogP contribution < -0.4 is 5.32 Å². The molecule has 0 amide bonds. The summed E-state index contributed by atoms with van der Waals surface area (Å²) < 4.78 is 49.4. The summed E-state index contributed by atoms with van der Waals surface area (Å²) in [5.74, 6) is 0.458. The highest BCUT2D eigenvalue weighted by Gasteiger charge is 2.31. The van der Waals surface area contributed by atoms with E-state index >= 15 is 0 Å². The van der Waals surface area contributed by atoms with E-state index in [0.717, 1.165) is 12.3 Å². The highest BCUT2D eigenvalue weighted by molar-refractivity contribution is 5.36. The summed E-state index contributed by atoms with van der Waals surface area (Å²) in [6, 6.07) is 7.10. The average molecular weight is 285 g/mol. The molecule has 0 radical (unpaired) electrons. The maximum Gasteiger partial charge on any atom is 0.433 e. The second kappa shape index (κ2) is 5.85. The fourth-order valence-corrected chi connectivity index (χ4v) is 1.54. The molecule has 106 valence electrons. The molecule has 7 heteroatoms. The van der Waals surface area contributed by atoms with Crippen molar-refractivity contribution in [3.05, 3.63) is 53.5 Å². The lowest BCUT2D eigenvalue weighted by Gasteiger charge is -2.08. The quantitative estimate of drug-likeness (QED) is 0.873. The topological polar surface area (TPSA) is 37.8 Å². The van der Waals surface area contributed by atoms with Crippen LogP contribution >= 0.6 is 0 Å². The Kier molecular flexibility index (Phi) is 4.16. The lowest BCUT2D eigenvalue weighted by molar-refractivity contribution is -0.141. The van der Waals surface area contributed by atoms with Crippen LogP contribution in [0.3, 0.4) is 0 Å². The zero-order valence-electron chi connectivity index (χ0n) is 10.3. The predicted octanol–water partition coefficient (Wildman–Crippen LogP) is 3.58. The molecule has 3 nitrogen and oxygen atoms in total. The maximum atomic E-state index is 12.4. The number of nitrogens with zero attached hydrogens (tertiary/aromatic N) is 2. The SMILES string of the molecule is FCc1cccc(NCc2ccc(C(F)(F)F)nc2)n1. The first kappa shape index (κ1) is 14.2. The van der Waals surface area contributed by atoms with Gasteiger partial charge in [-0.3, -0.25) is 4.98 Å². The standard InChI is InChI=1S/C13H11F4N3/c14-6-10-2-1-3-12(20-10)19-8-9-4-5-11(18-7-9)13(15,16)17/h1-5,7H,6,8H2,(H,19,20). The summed E-state index contributed by atoms with van der Waals surface area (Å²) in [6.45, 7) is -0.411. The van der Waals surface area contributed by atoms with Gasteiger partial charge in [0.05, 0.1) is 5.69 Å². The number of pyridine rings is 2. The summed E-state index contributed by atoms with van der Waals surface area (Å²) in [4.78, 5) is 7.33. The lowest BCUT2D eigenvalue weighted by Crippen LogP contribution is -2.09. The van der Waals surface area contributed by atoms with Crippen molar-refractivity contribution in [2.45, 2.75) is 19.4 Å². The molecule has 2 rings (SSSR count). The second-order valence-electron chi connectivity index (χ2n) is 4.05. The van der Waals surface area contributed by atoms with Crippen molar-refractivity contribution in [1.82, 2.24) is 9.97 Å². The van der Waals surface area contributed by atoms with Crippen molar-refractivity contribution in [1.29, 1.82) is 0 Å². The second-order valence-corrected chi connectivity index (χ2v) is 4.05. The summed E-state index contributed by atoms with van der Waals surface area (Å²) in [7, 11) is 0. The van der Waals surface area contributed by atoms with Crippen LogP contribution in [0, 0.1) is 0 Å². The van der Waals surface area contributed by atoms with Crippen molar-refractivity contribution in [3.63, 3.8) is 0 Å². The van der Waals surface area contributed by atoms with Gasteiger partial charge >= 0.3 is 6.18 Å². The Morgan fingerprint density at radius 2 is 1.90 bits per heavy atom. The van der Waals surface area contributed by atoms with E-state index in [1.807, 2.05) is 0 Å². The third-order valence-corrected chi connectivity index (χ3v) is 2.53. The number of hydrogen-bond donors (Lipinski definition) is 1. The Labute approximate surface area is 112 Å². The minimum Gasteiger partial charge on any atom is -0.366 e. The molecular formula is C13H11F4N3. The summed E-state index contributed by atoms with van der Waals surface area (Å²) in [5, 5.41) is 2.89. The van der Waals surface area contributed by atoms with Crippen LogP contribution in [0.2, 0.25) is 0 Å². The van der Waals surface area contributed by atoms with Gasteiger partial charge in [0.25, 0.3) is 0 Å². The van der Waals surface area contributed by atoms with Crippen LogP contribution in [-0.4, -0.2) is 9.97 Å². The maximum absolute atomic E-state index is 12.4. The van der Waals surface area contributed by atoms with E-state index < -0.39 is 18.5 Å². The van der Waals surface area contributed by atoms with Crippen LogP contribution in [-0.2, 0) is 19.4 Å². The zero-order valence-corrected chi connectivity index (χ0v) is 10.3. The monoisotopic (exact) mass is 285 g/mol. The van der Waals surface area contributed by atoms with Crippen molar-refractivity contribution in [2.24, 2.45) is 0 Å². The molecular weight excluding hydrogens is 274 g/mol. The van der Waals surface area contributed by atoms with Gasteiger partial charge in [-0.25, -0.2) is 9.37 Å². The number of hydrogen-bond acceptors (Lipinski definition) is 3. The van der Waals surface area contributed by atoms with E-state index in [-0.39, 0.29) is 6.54 Å². The van der Waals surface area contributed by atoms with Crippen molar-refractivity contribution in [2.75, 3.05) is 5.32 Å². The largest absolute Gasteiger partial charge is 0.433 e. The van der Waals surface area contributed by atoms with Gasteiger partial charge in [-0.2, -0.15) is 13.2 Å². The molecule has 0 saturated heterocycles. The molecule has 2 heterocycles. The highest BCUT2D eigenvalue weighted by Crippen LogP contribution is 2.27. The number of anilines is 1. The molecule has 0 saturated carbocycles. The molecule has 0 aliphatic heterocycles. The van der Waals surface area contributed by atoms with E-state index in [4.69, 9.17) is 0 Å². The molecule has 0 aromatic carbocycles. The van der Waals surface area contributed by atoms with Gasteiger partial charge in [0.1, 0.15) is 18.2 Å². The highest BCUT2D eigenvalue weighted by atomic mass is 19.4. The van der Waals surface area contributed by atoms with Crippen LogP contribution in [0.4, 0.5) is 23.4 Å². The third kappa shape index (κ3) is 3.66. The minimum atomic E-state index is -4.44. The molecule has 0 bridgehead atoms. The van der Waals surface area contributed by atoms with Crippen LogP contribution in [0.25, 0.3) is 0 Å². The molecule has 0 atom stereocenters. The average Bonchev–Trinajstić information content (AvgIpc) is 2.45. The van der Waals surface area contributed by atoms with Gasteiger partial charge in [-0.15, -0.1) is 0 Å². The predicted molar refractivity (Wildman–Crippen MR) is 65.6 cm³/mol. The van der Waals surface area contributed by atoms with E-state index in [2.05, 4.69) is 15.3 Å². The van der Waals surface area contributed by atoms with Gasteiger partial charge in [-0.05, 0) is 23.8 Å². The van der Waals surface area contributed by atoms with Gasteiger partial charge < -0.3 is 5.32 Å². The Balaban J connectivity index is 2.00. The fraction of sp³-hybridized carbons (Fsp3) is 0.231. The first-order valence-corrected chi connectivity index (χ1v) is 5.77. The normalized spacial score (nSPS) is 11.4. The van der Waals surface area contributed by atoms with Crippen molar-refractivity contribution < 1.29 is 17.6 Å². The van der Waals surface area contributed by atoms with E-state index in [1.165, 1.54) is 6.07 Å². The number of halogens is 4. The van der Waals surface area contributed by atoms with E-state index in [1.54, 1.807) is 18.2 Å². The van der Waals surface area contributed by atoms with Gasteiger partial charge in [0.15, 0.2) is 0 Å². The van der Waals surface area contributed by atoms with E-state index in [9.17, 15) is 17.6 Å². The summed E-state index contributed by atoms with van der Waals surface area (Å²) in [6.07, 6.45) is -3.29. The zero-order chi connectivity index (χ0) is 14.6. The number of rotatable bonds is 4. The summed E-state index contributed by atoms with van der Waals surface area (Å²) in [5.41, 5.74) is -0.0650. The van der Waals surface area contributed by atoms with Crippen LogP contribution in [0.15, 0.2) is 36.5 Å². The van der Waals surface area contributed by atoms with E-state index in [0.29, 0.717) is 17.1 Å². The first-order chi connectivity index (χ1) is 9.49. The number of nitrogens with one attached hydrogen (secondary N) is 1. The molecule has 0 fully saturated rings. The molecule has 0 spiro atoms. The van der Waals surface area contributed by atoms with Gasteiger partial charge in [-0.1, -0.05) is 12.1 Å². The molecule has 0 unspecified atom stereocenters. The van der Waals surface area contributed by atoms with Crippen LogP contribution in [0.5, 0.6) is 0 Å². The number of aromatic nitrogens is 2. The smallest absolute Gasteiger partial charge is 0.366 e. The molecule has 1 N–H and O–H groups in total. The molecule has 20 heavy (non-hydrogen) atoms. The molecule has 2 aromatic heterocycles. The Bertz CT molecular complexity index is 567. The molecule has 0 aliphatic rings. The minimum absolute atomic E-state index is 0.258. The Hall–Kier alpha value is -2.18. The molecule has 2 aromatic rings. The lowest BCUT2D eigenvalue weighted by atomic mass is 10.2. The van der Waals surface area contributed by atoms with Crippen LogP contribution in [0.1, 0.15) is 17.0 Å². The molecule has 0 aliphatic carbocycles. The summed E-state index contributed by atoms with van der Waals surface area (Å²) >= 11 is 0. The van der Waals surface area contributed by atoms with Crippen molar-refractivity contribution >= 4 is 5.82 Å². The fourth-order valence-electron chi connectivity index (χ4n) is 1.54. The van der Waals surface area contributed by atoms with Gasteiger partial charge in [0, 0.05) is 12.7 Å². The van der Waals surface area contributed by atoms with Gasteiger partial charge in [0.2, 0.25) is 0 Å². The third-order valence-electron chi connectivity index (χ3n) is 2.53. The Morgan fingerprint density at radius 1 is 1.10 bits per heavy atom.